The molecule has 2 unspecified atom stereocenters. The molecule has 1 saturated heterocycles. The van der Waals surface area contributed by atoms with Crippen LogP contribution >= 0.6 is 0 Å². The van der Waals surface area contributed by atoms with E-state index in [-0.39, 0.29) is 11.6 Å². The molecule has 4 rings (SSSR count). The number of phenolic OH excluding ortho intramolecular Hbond substituents is 1. The molecule has 134 valence electrons. The van der Waals surface area contributed by atoms with Crippen molar-refractivity contribution in [3.05, 3.63) is 29.6 Å². The van der Waals surface area contributed by atoms with Gasteiger partial charge in [0.1, 0.15) is 18.0 Å². The molecule has 3 aliphatic rings. The summed E-state index contributed by atoms with van der Waals surface area (Å²) < 4.78 is 41.4. The van der Waals surface area contributed by atoms with Gasteiger partial charge in [0.25, 0.3) is 5.91 Å². The molecule has 25 heavy (non-hydrogen) atoms. The number of carbonyl (C=O) groups excluding carboxylic acids is 1. The Morgan fingerprint density at radius 2 is 2.08 bits per heavy atom. The molecule has 2 aliphatic heterocycles. The molecule has 0 aromatic heterocycles. The number of nitrogens with one attached hydrogen (secondary N) is 2. The minimum atomic E-state index is -4.20. The molecule has 3 atom stereocenters. The number of benzene rings is 1. The zero-order valence-corrected chi connectivity index (χ0v) is 14.3. The van der Waals surface area contributed by atoms with Gasteiger partial charge in [0.2, 0.25) is 0 Å². The van der Waals surface area contributed by atoms with Crippen LogP contribution in [0.2, 0.25) is 0 Å². The predicted molar refractivity (Wildman–Crippen MR) is 89.5 cm³/mol. The molecule has 3 N–H and O–H groups in total. The van der Waals surface area contributed by atoms with Gasteiger partial charge < -0.3 is 10.4 Å². The highest BCUT2D eigenvalue weighted by atomic mass is 32.2. The maximum atomic E-state index is 15.1. The Labute approximate surface area is 144 Å². The summed E-state index contributed by atoms with van der Waals surface area (Å²) >= 11 is 0. The van der Waals surface area contributed by atoms with Crippen molar-refractivity contribution >= 4 is 27.4 Å². The summed E-state index contributed by atoms with van der Waals surface area (Å²) in [7, 11) is -4.20. The van der Waals surface area contributed by atoms with Crippen molar-refractivity contribution < 1.29 is 22.7 Å². The Kier molecular flexibility index (Phi) is 3.55. The summed E-state index contributed by atoms with van der Waals surface area (Å²) in [6, 6.07) is 2.86. The van der Waals surface area contributed by atoms with E-state index in [1.807, 2.05) is 6.08 Å². The number of halogens is 1. The van der Waals surface area contributed by atoms with Crippen LogP contribution < -0.4 is 14.3 Å². The smallest absolute Gasteiger partial charge is 0.326 e. The number of hydrogen-bond acceptors (Lipinski definition) is 5. The van der Waals surface area contributed by atoms with Crippen LogP contribution in [0.15, 0.2) is 18.2 Å². The van der Waals surface area contributed by atoms with E-state index in [1.54, 1.807) is 4.72 Å². The maximum absolute atomic E-state index is 15.1. The fourth-order valence-electron chi connectivity index (χ4n) is 3.56. The topological polar surface area (TPSA) is 98.7 Å². The highest BCUT2D eigenvalue weighted by molar-refractivity contribution is 7.92. The molecule has 1 aromatic rings. The summed E-state index contributed by atoms with van der Waals surface area (Å²) in [6.07, 6.45) is 3.10. The number of nitrogens with zero attached hydrogens (tertiary/aromatic N) is 1. The lowest BCUT2D eigenvalue weighted by atomic mass is 10.0. The second kappa shape index (κ2) is 5.43. The number of hydrogen-bond donors (Lipinski definition) is 3. The van der Waals surface area contributed by atoms with Crippen molar-refractivity contribution in [2.24, 2.45) is 11.8 Å². The summed E-state index contributed by atoms with van der Waals surface area (Å²) in [5.74, 6) is -0.968. The normalized spacial score (nSPS) is 30.3. The van der Waals surface area contributed by atoms with Gasteiger partial charge in [0, 0.05) is 18.2 Å². The van der Waals surface area contributed by atoms with Crippen LogP contribution in [0, 0.1) is 17.7 Å². The van der Waals surface area contributed by atoms with Crippen molar-refractivity contribution in [2.75, 3.05) is 17.4 Å². The first-order valence-electron chi connectivity index (χ1n) is 8.07. The summed E-state index contributed by atoms with van der Waals surface area (Å²) in [5.41, 5.74) is 0.448. The number of amides is 1. The standard InChI is InChI=1S/C16H18FN3O4S/c1-8-4-11(8)12-5-9(6-18-12)10-2-3-13(21)16(15(10)17)20-7-14(22)19-25(20,23)24/h2-3,5,8,11-12,18,21H,4,6-7H2,1H3,(H,19,22)/t8?,11?,12-/m1/s1. The number of anilines is 1. The van der Waals surface area contributed by atoms with E-state index in [2.05, 4.69) is 12.2 Å². The van der Waals surface area contributed by atoms with Gasteiger partial charge in [-0.15, -0.1) is 0 Å². The van der Waals surface area contributed by atoms with Gasteiger partial charge in [0.05, 0.1) is 0 Å². The lowest BCUT2D eigenvalue weighted by Crippen LogP contribution is -2.30. The molecule has 9 heteroatoms. The van der Waals surface area contributed by atoms with Crippen molar-refractivity contribution in [1.29, 1.82) is 0 Å². The molecule has 0 radical (unpaired) electrons. The first kappa shape index (κ1) is 16.3. The van der Waals surface area contributed by atoms with Crippen LogP contribution in [0.25, 0.3) is 5.57 Å². The van der Waals surface area contributed by atoms with E-state index in [9.17, 15) is 18.3 Å². The van der Waals surface area contributed by atoms with E-state index < -0.39 is 39.9 Å². The molecule has 1 saturated carbocycles. The van der Waals surface area contributed by atoms with Crippen LogP contribution in [0.1, 0.15) is 18.9 Å². The second-order valence-corrected chi connectivity index (χ2v) is 8.40. The van der Waals surface area contributed by atoms with Crippen LogP contribution in [0.3, 0.4) is 0 Å². The predicted octanol–water partition coefficient (Wildman–Crippen LogP) is 0.724. The van der Waals surface area contributed by atoms with Gasteiger partial charge >= 0.3 is 10.2 Å². The highest BCUT2D eigenvalue weighted by Gasteiger charge is 2.41. The molecule has 7 nitrogen and oxygen atoms in total. The Bertz CT molecular complexity index is 899. The molecule has 2 heterocycles. The molecule has 0 bridgehead atoms. The van der Waals surface area contributed by atoms with E-state index in [4.69, 9.17) is 0 Å². The fourth-order valence-corrected chi connectivity index (χ4v) is 4.72. The van der Waals surface area contributed by atoms with Gasteiger partial charge in [-0.05, 0) is 36.0 Å². The molecule has 1 aromatic carbocycles. The van der Waals surface area contributed by atoms with Crippen molar-refractivity contribution in [3.8, 4) is 5.75 Å². The summed E-state index contributed by atoms with van der Waals surface area (Å²) in [6.45, 7) is 2.08. The first-order valence-corrected chi connectivity index (χ1v) is 9.51. The number of aromatic hydroxyl groups is 1. The quantitative estimate of drug-likeness (QED) is 0.731. The Balaban J connectivity index is 1.73. The number of phenols is 1. The van der Waals surface area contributed by atoms with Crippen molar-refractivity contribution in [3.63, 3.8) is 0 Å². The molecule has 2 fully saturated rings. The monoisotopic (exact) mass is 367 g/mol. The first-order chi connectivity index (χ1) is 11.8. The largest absolute Gasteiger partial charge is 0.506 e. The van der Waals surface area contributed by atoms with Crippen molar-refractivity contribution in [1.82, 2.24) is 10.0 Å². The number of rotatable bonds is 3. The second-order valence-electron chi connectivity index (χ2n) is 6.81. The minimum Gasteiger partial charge on any atom is -0.506 e. The Hall–Kier alpha value is -2.13. The molecule has 1 aliphatic carbocycles. The third kappa shape index (κ3) is 2.67. The lowest BCUT2D eigenvalue weighted by molar-refractivity contribution is -0.117. The van der Waals surface area contributed by atoms with E-state index in [0.717, 1.165) is 12.0 Å². The highest BCUT2D eigenvalue weighted by Crippen LogP contribution is 2.44. The van der Waals surface area contributed by atoms with Gasteiger partial charge in [-0.3, -0.25) is 4.79 Å². The van der Waals surface area contributed by atoms with Crippen LogP contribution in [0.5, 0.6) is 5.75 Å². The third-order valence-corrected chi connectivity index (χ3v) is 6.43. The zero-order chi connectivity index (χ0) is 17.9. The van der Waals surface area contributed by atoms with Crippen LogP contribution in [-0.2, 0) is 15.0 Å². The molecular weight excluding hydrogens is 349 g/mol. The summed E-state index contributed by atoms with van der Waals surface area (Å²) in [4.78, 5) is 11.4. The maximum Gasteiger partial charge on any atom is 0.326 e. The average molecular weight is 367 g/mol. The lowest BCUT2D eigenvalue weighted by Gasteiger charge is -2.18. The number of carbonyl (C=O) groups is 1. The molecule has 1 amide bonds. The third-order valence-electron chi connectivity index (χ3n) is 5.05. The Morgan fingerprint density at radius 1 is 1.36 bits per heavy atom. The van der Waals surface area contributed by atoms with Gasteiger partial charge in [-0.25, -0.2) is 13.4 Å². The Morgan fingerprint density at radius 3 is 2.68 bits per heavy atom. The zero-order valence-electron chi connectivity index (χ0n) is 13.5. The van der Waals surface area contributed by atoms with Crippen LogP contribution in [0.4, 0.5) is 10.1 Å². The van der Waals surface area contributed by atoms with E-state index in [0.29, 0.717) is 22.7 Å². The molecular formula is C16H18FN3O4S. The van der Waals surface area contributed by atoms with E-state index in [1.165, 1.54) is 12.1 Å². The van der Waals surface area contributed by atoms with E-state index >= 15 is 4.39 Å². The fraction of sp³-hybridized carbons (Fsp3) is 0.438. The van der Waals surface area contributed by atoms with Gasteiger partial charge in [-0.2, -0.15) is 8.42 Å². The summed E-state index contributed by atoms with van der Waals surface area (Å²) in [5, 5.41) is 13.3. The average Bonchev–Trinajstić information content (AvgIpc) is 2.95. The van der Waals surface area contributed by atoms with Gasteiger partial charge in [-0.1, -0.05) is 13.0 Å². The van der Waals surface area contributed by atoms with Crippen LogP contribution in [-0.4, -0.2) is 38.6 Å². The van der Waals surface area contributed by atoms with Gasteiger partial charge in [0.15, 0.2) is 5.82 Å². The molecule has 0 spiro atoms. The minimum absolute atomic E-state index is 0.181. The SMILES string of the molecule is CC1CC1[C@H]1C=C(c2ccc(O)c(N3CC(=O)NS3(=O)=O)c2F)CN1. The van der Waals surface area contributed by atoms with Crippen molar-refractivity contribution in [2.45, 2.75) is 19.4 Å².